The van der Waals surface area contributed by atoms with Crippen molar-refractivity contribution in [2.24, 2.45) is 0 Å². The maximum atomic E-state index is 12.3. The van der Waals surface area contributed by atoms with Gasteiger partial charge in [0.15, 0.2) is 0 Å². The summed E-state index contributed by atoms with van der Waals surface area (Å²) in [5, 5.41) is 2.12. The number of rotatable bonds is 2. The van der Waals surface area contributed by atoms with E-state index >= 15 is 0 Å². The average Bonchev–Trinajstić information content (AvgIpc) is 2.88. The Kier molecular flexibility index (Phi) is 3.71. The molecule has 0 radical (unpaired) electrons. The van der Waals surface area contributed by atoms with Crippen LogP contribution in [-0.4, -0.2) is 17.4 Å². The van der Waals surface area contributed by atoms with E-state index in [0.29, 0.717) is 6.42 Å². The van der Waals surface area contributed by atoms with Gasteiger partial charge in [-0.05, 0) is 41.1 Å². The average molecular weight is 336 g/mol. The van der Waals surface area contributed by atoms with Crippen LogP contribution in [0.5, 0.6) is 0 Å². The summed E-state index contributed by atoms with van der Waals surface area (Å²) in [7, 11) is 0. The van der Waals surface area contributed by atoms with Crippen molar-refractivity contribution in [1.29, 1.82) is 0 Å². The molecule has 0 N–H and O–H groups in total. The first-order chi connectivity index (χ1) is 9.22. The summed E-state index contributed by atoms with van der Waals surface area (Å²) in [4.78, 5) is 15.7. The second kappa shape index (κ2) is 5.47. The molecule has 0 saturated heterocycles. The molecule has 0 atom stereocenters. The number of carbonyl (C=O) groups is 1. The third-order valence-corrected chi connectivity index (χ3v) is 4.98. The van der Waals surface area contributed by atoms with E-state index in [1.54, 1.807) is 11.3 Å². The number of thiophene rings is 1. The summed E-state index contributed by atoms with van der Waals surface area (Å²) < 4.78 is 1.05. The smallest absolute Gasteiger partial charge is 0.227 e. The van der Waals surface area contributed by atoms with Crippen molar-refractivity contribution < 1.29 is 4.79 Å². The molecule has 19 heavy (non-hydrogen) atoms. The van der Waals surface area contributed by atoms with E-state index in [-0.39, 0.29) is 5.91 Å². The number of amides is 1. The number of nitrogens with zero attached hydrogens (tertiary/aromatic N) is 1. The molecule has 4 heteroatoms. The van der Waals surface area contributed by atoms with Crippen LogP contribution in [0.3, 0.4) is 0 Å². The molecule has 0 bridgehead atoms. The monoisotopic (exact) mass is 335 g/mol. The number of carbonyl (C=O) groups excluding carboxylic acids is 1. The first kappa shape index (κ1) is 12.9. The minimum Gasteiger partial charge on any atom is -0.338 e. The fraction of sp³-hybridized carbons (Fsp3) is 0.267. The summed E-state index contributed by atoms with van der Waals surface area (Å²) in [5.41, 5.74) is 2.39. The van der Waals surface area contributed by atoms with Gasteiger partial charge in [-0.3, -0.25) is 4.79 Å². The van der Waals surface area contributed by atoms with Gasteiger partial charge in [0.1, 0.15) is 0 Å². The van der Waals surface area contributed by atoms with Crippen LogP contribution < -0.4 is 0 Å². The lowest BCUT2D eigenvalue weighted by Gasteiger charge is -2.27. The van der Waals surface area contributed by atoms with Crippen LogP contribution in [0.25, 0.3) is 0 Å². The molecule has 98 valence electrons. The van der Waals surface area contributed by atoms with Crippen molar-refractivity contribution in [3.05, 3.63) is 56.2 Å². The van der Waals surface area contributed by atoms with Crippen LogP contribution in [0.4, 0.5) is 0 Å². The Hall–Kier alpha value is -1.13. The van der Waals surface area contributed by atoms with E-state index in [9.17, 15) is 4.79 Å². The molecule has 0 spiro atoms. The highest BCUT2D eigenvalue weighted by Crippen LogP contribution is 2.24. The summed E-state index contributed by atoms with van der Waals surface area (Å²) in [6.45, 7) is 1.62. The molecule has 2 nitrogen and oxygen atoms in total. The molecule has 2 aromatic rings. The Morgan fingerprint density at radius 2 is 2.05 bits per heavy atom. The van der Waals surface area contributed by atoms with Crippen LogP contribution in [-0.2, 0) is 24.2 Å². The highest BCUT2D eigenvalue weighted by molar-refractivity contribution is 9.10. The first-order valence-electron chi connectivity index (χ1n) is 6.30. The van der Waals surface area contributed by atoms with E-state index < -0.39 is 0 Å². The van der Waals surface area contributed by atoms with Crippen LogP contribution in [0.2, 0.25) is 0 Å². The largest absolute Gasteiger partial charge is 0.338 e. The fourth-order valence-corrected chi connectivity index (χ4v) is 3.50. The number of hydrogen-bond donors (Lipinski definition) is 0. The Bertz CT molecular complexity index is 590. The molecule has 1 amide bonds. The first-order valence-corrected chi connectivity index (χ1v) is 7.97. The van der Waals surface area contributed by atoms with E-state index in [1.165, 1.54) is 10.4 Å². The van der Waals surface area contributed by atoms with Gasteiger partial charge in [-0.25, -0.2) is 0 Å². The summed E-state index contributed by atoms with van der Waals surface area (Å²) in [6, 6.07) is 10.1. The van der Waals surface area contributed by atoms with E-state index in [1.807, 2.05) is 29.2 Å². The molecule has 0 unspecified atom stereocenters. The van der Waals surface area contributed by atoms with E-state index in [4.69, 9.17) is 0 Å². The van der Waals surface area contributed by atoms with Gasteiger partial charge in [-0.2, -0.15) is 0 Å². The van der Waals surface area contributed by atoms with Gasteiger partial charge in [0.2, 0.25) is 5.91 Å². The summed E-state index contributed by atoms with van der Waals surface area (Å²) in [6.07, 6.45) is 1.49. The fourth-order valence-electron chi connectivity index (χ4n) is 2.35. The van der Waals surface area contributed by atoms with Gasteiger partial charge in [0.05, 0.1) is 6.42 Å². The highest BCUT2D eigenvalue weighted by Gasteiger charge is 2.21. The van der Waals surface area contributed by atoms with Gasteiger partial charge in [0.25, 0.3) is 0 Å². The normalized spacial score (nSPS) is 14.3. The predicted molar refractivity (Wildman–Crippen MR) is 81.3 cm³/mol. The Labute approximate surface area is 125 Å². The third kappa shape index (κ3) is 2.90. The predicted octanol–water partition coefficient (Wildman–Crippen LogP) is 3.64. The van der Waals surface area contributed by atoms with Crippen molar-refractivity contribution in [3.63, 3.8) is 0 Å². The maximum Gasteiger partial charge on any atom is 0.227 e. The molecule has 1 aliphatic rings. The van der Waals surface area contributed by atoms with Gasteiger partial charge in [-0.15, -0.1) is 11.3 Å². The highest BCUT2D eigenvalue weighted by atomic mass is 79.9. The molecule has 2 heterocycles. The van der Waals surface area contributed by atoms with E-state index in [2.05, 4.69) is 27.4 Å². The number of hydrogen-bond acceptors (Lipinski definition) is 2. The lowest BCUT2D eigenvalue weighted by atomic mass is 10.1. The molecule has 0 aliphatic carbocycles. The zero-order chi connectivity index (χ0) is 13.2. The van der Waals surface area contributed by atoms with E-state index in [0.717, 1.165) is 29.5 Å². The number of fused-ring (bicyclic) bond motifs is 1. The molecule has 0 saturated carbocycles. The van der Waals surface area contributed by atoms with Gasteiger partial charge in [0, 0.05) is 22.4 Å². The van der Waals surface area contributed by atoms with Gasteiger partial charge < -0.3 is 4.90 Å². The van der Waals surface area contributed by atoms with Crippen molar-refractivity contribution in [3.8, 4) is 0 Å². The standard InChI is InChI=1S/C15H14BrNOS/c16-13-3-1-11(2-4-13)9-15(18)17-7-5-14-12(10-17)6-8-19-14/h1-4,6,8H,5,7,9-10H2. The van der Waals surface area contributed by atoms with Crippen LogP contribution in [0, 0.1) is 0 Å². The zero-order valence-corrected chi connectivity index (χ0v) is 12.8. The van der Waals surface area contributed by atoms with Crippen molar-refractivity contribution >= 4 is 33.2 Å². The number of benzene rings is 1. The minimum absolute atomic E-state index is 0.221. The quantitative estimate of drug-likeness (QED) is 0.820. The molecular weight excluding hydrogens is 322 g/mol. The summed E-state index contributed by atoms with van der Waals surface area (Å²) >= 11 is 5.21. The maximum absolute atomic E-state index is 12.3. The van der Waals surface area contributed by atoms with Crippen molar-refractivity contribution in [2.75, 3.05) is 6.54 Å². The minimum atomic E-state index is 0.221. The second-order valence-electron chi connectivity index (χ2n) is 4.74. The van der Waals surface area contributed by atoms with Crippen LogP contribution in [0.1, 0.15) is 16.0 Å². The lowest BCUT2D eigenvalue weighted by Crippen LogP contribution is -2.36. The van der Waals surface area contributed by atoms with Crippen molar-refractivity contribution in [1.82, 2.24) is 4.90 Å². The molecule has 1 aliphatic heterocycles. The number of halogens is 1. The van der Waals surface area contributed by atoms with Crippen molar-refractivity contribution in [2.45, 2.75) is 19.4 Å². The molecule has 1 aromatic heterocycles. The third-order valence-electron chi connectivity index (χ3n) is 3.43. The Balaban J connectivity index is 1.67. The SMILES string of the molecule is O=C(Cc1ccc(Br)cc1)N1CCc2sccc2C1. The Morgan fingerprint density at radius 1 is 1.26 bits per heavy atom. The Morgan fingerprint density at radius 3 is 2.84 bits per heavy atom. The van der Waals surface area contributed by atoms with Gasteiger partial charge >= 0.3 is 0 Å². The molecule has 3 rings (SSSR count). The molecule has 0 fully saturated rings. The second-order valence-corrected chi connectivity index (χ2v) is 6.65. The van der Waals surface area contributed by atoms with Gasteiger partial charge in [-0.1, -0.05) is 28.1 Å². The van der Waals surface area contributed by atoms with Crippen LogP contribution >= 0.6 is 27.3 Å². The molecular formula is C15H14BrNOS. The van der Waals surface area contributed by atoms with Crippen LogP contribution in [0.15, 0.2) is 40.2 Å². The zero-order valence-electron chi connectivity index (χ0n) is 10.4. The summed E-state index contributed by atoms with van der Waals surface area (Å²) in [5.74, 6) is 0.221. The lowest BCUT2D eigenvalue weighted by molar-refractivity contribution is -0.131. The molecule has 1 aromatic carbocycles. The topological polar surface area (TPSA) is 20.3 Å².